The van der Waals surface area contributed by atoms with Crippen LogP contribution in [-0.4, -0.2) is 58.4 Å². The zero-order chi connectivity index (χ0) is 31.0. The molecule has 2 aromatic carbocycles. The maximum atomic E-state index is 13.0. The fraction of sp³-hybridized carbons (Fsp3) is 0.312. The van der Waals surface area contributed by atoms with Crippen LogP contribution in [0.15, 0.2) is 72.0 Å². The van der Waals surface area contributed by atoms with Crippen molar-refractivity contribution < 1.29 is 17.9 Å². The number of nitrogens with zero attached hydrogens (tertiary/aromatic N) is 7. The highest BCUT2D eigenvalue weighted by Crippen LogP contribution is 2.49. The van der Waals surface area contributed by atoms with E-state index in [4.69, 9.17) is 19.6 Å². The molecule has 3 aromatic heterocycles. The van der Waals surface area contributed by atoms with Crippen molar-refractivity contribution in [1.82, 2.24) is 29.5 Å². The van der Waals surface area contributed by atoms with E-state index in [2.05, 4.69) is 10.1 Å². The predicted octanol–water partition coefficient (Wildman–Crippen LogP) is 5.07. The summed E-state index contributed by atoms with van der Waals surface area (Å²) in [6, 6.07) is 19.5. The number of aryl methyl sites for hydroxylation is 2. The van der Waals surface area contributed by atoms with E-state index in [9.17, 15) is 8.42 Å². The Bertz CT molecular complexity index is 1890. The number of ether oxygens (including phenoxy) is 2. The van der Waals surface area contributed by atoms with Gasteiger partial charge >= 0.3 is 0 Å². The van der Waals surface area contributed by atoms with Crippen LogP contribution in [0.1, 0.15) is 41.1 Å². The van der Waals surface area contributed by atoms with Gasteiger partial charge in [0.25, 0.3) is 0 Å². The Morgan fingerprint density at radius 3 is 2.09 bits per heavy atom. The third-order valence-corrected chi connectivity index (χ3v) is 8.52. The van der Waals surface area contributed by atoms with Crippen molar-refractivity contribution in [2.45, 2.75) is 43.9 Å². The van der Waals surface area contributed by atoms with E-state index < -0.39 is 9.84 Å². The molecule has 0 aliphatic heterocycles. The van der Waals surface area contributed by atoms with E-state index in [1.165, 1.54) is 0 Å². The molecule has 0 atom stereocenters. The van der Waals surface area contributed by atoms with Crippen LogP contribution in [0.5, 0.6) is 11.5 Å². The molecule has 1 aliphatic rings. The normalized spacial score (nSPS) is 13.2. The van der Waals surface area contributed by atoms with Gasteiger partial charge in [-0.15, -0.1) is 0 Å². The third-order valence-electron chi connectivity index (χ3n) is 7.67. The highest BCUT2D eigenvalue weighted by atomic mass is 32.2. The fourth-order valence-corrected chi connectivity index (χ4v) is 5.67. The molecule has 0 radical (unpaired) electrons. The SMILES string of the molecule is COc1ccc(CN(c2cc(C)n(Cc3ccc(OC)cc3)n2)c2nc(S(C)(=O)=O)nc(-c3ccn(C)n3)c2C2CC2)cc1. The first kappa shape index (κ1) is 29.4. The van der Waals surface area contributed by atoms with Crippen LogP contribution >= 0.6 is 0 Å². The predicted molar refractivity (Wildman–Crippen MR) is 167 cm³/mol. The third kappa shape index (κ3) is 6.16. The first-order valence-corrected chi connectivity index (χ1v) is 16.2. The van der Waals surface area contributed by atoms with Crippen molar-refractivity contribution >= 4 is 21.5 Å². The van der Waals surface area contributed by atoms with Crippen LogP contribution in [-0.2, 0) is 30.0 Å². The summed E-state index contributed by atoms with van der Waals surface area (Å²) in [7, 11) is 1.35. The molecular weight excluding hydrogens is 578 g/mol. The second-order valence-electron chi connectivity index (χ2n) is 11.1. The summed E-state index contributed by atoms with van der Waals surface area (Å²) in [5.74, 6) is 2.89. The Kier molecular flexibility index (Phi) is 7.85. The molecule has 0 bridgehead atoms. The molecule has 12 heteroatoms. The number of rotatable bonds is 11. The van der Waals surface area contributed by atoms with Crippen LogP contribution < -0.4 is 14.4 Å². The zero-order valence-corrected chi connectivity index (χ0v) is 26.2. The fourth-order valence-electron chi connectivity index (χ4n) is 5.16. The van der Waals surface area contributed by atoms with Crippen molar-refractivity contribution in [3.63, 3.8) is 0 Å². The van der Waals surface area contributed by atoms with Gasteiger partial charge in [0.1, 0.15) is 28.7 Å². The van der Waals surface area contributed by atoms with E-state index in [1.54, 1.807) is 18.9 Å². The van der Waals surface area contributed by atoms with Crippen LogP contribution in [0, 0.1) is 6.92 Å². The standard InChI is InChI=1S/C32H35N7O4S/c1-21-18-28(36-39(21)20-23-8-14-26(43-4)15-9-23)38(19-22-6-12-25(42-3)13-7-22)31-29(24-10-11-24)30(27-16-17-37(2)35-27)33-32(34-31)44(5,40)41/h6-9,12-18,24H,10-11,19-20H2,1-5H3. The van der Waals surface area contributed by atoms with E-state index in [1.807, 2.05) is 90.4 Å². The molecule has 3 heterocycles. The Hall–Kier alpha value is -4.71. The lowest BCUT2D eigenvalue weighted by atomic mass is 10.1. The average molecular weight is 614 g/mol. The number of hydrogen-bond donors (Lipinski definition) is 0. The molecule has 1 saturated carbocycles. The summed E-state index contributed by atoms with van der Waals surface area (Å²) in [4.78, 5) is 11.3. The molecule has 5 aromatic rings. The van der Waals surface area contributed by atoms with Crippen LogP contribution in [0.3, 0.4) is 0 Å². The van der Waals surface area contributed by atoms with Gasteiger partial charge in [0.15, 0.2) is 5.82 Å². The largest absolute Gasteiger partial charge is 0.497 e. The molecule has 0 spiro atoms. The quantitative estimate of drug-likeness (QED) is 0.188. The minimum atomic E-state index is -3.75. The first-order valence-electron chi connectivity index (χ1n) is 14.3. The number of anilines is 2. The second-order valence-corrected chi connectivity index (χ2v) is 13.0. The van der Waals surface area contributed by atoms with E-state index in [0.717, 1.165) is 53.0 Å². The number of methoxy groups -OCH3 is 2. The van der Waals surface area contributed by atoms with Crippen LogP contribution in [0.2, 0.25) is 0 Å². The highest BCUT2D eigenvalue weighted by Gasteiger charge is 2.36. The van der Waals surface area contributed by atoms with Crippen molar-refractivity contribution in [3.05, 3.63) is 89.2 Å². The summed E-state index contributed by atoms with van der Waals surface area (Å²) in [6.07, 6.45) is 4.87. The number of hydrogen-bond acceptors (Lipinski definition) is 9. The lowest BCUT2D eigenvalue weighted by Gasteiger charge is -2.26. The van der Waals surface area contributed by atoms with Gasteiger partial charge < -0.3 is 14.4 Å². The average Bonchev–Trinajstić information content (AvgIpc) is 3.67. The van der Waals surface area contributed by atoms with Gasteiger partial charge in [-0.3, -0.25) is 9.36 Å². The summed E-state index contributed by atoms with van der Waals surface area (Å²) < 4.78 is 40.2. The lowest BCUT2D eigenvalue weighted by molar-refractivity contribution is 0.414. The van der Waals surface area contributed by atoms with Gasteiger partial charge in [0.2, 0.25) is 15.0 Å². The van der Waals surface area contributed by atoms with Crippen molar-refractivity contribution in [3.8, 4) is 22.9 Å². The molecule has 0 N–H and O–H groups in total. The van der Waals surface area contributed by atoms with E-state index in [-0.39, 0.29) is 11.1 Å². The number of sulfone groups is 1. The molecule has 228 valence electrons. The minimum absolute atomic E-state index is 0.177. The van der Waals surface area contributed by atoms with Gasteiger partial charge in [-0.2, -0.15) is 10.2 Å². The smallest absolute Gasteiger partial charge is 0.249 e. The minimum Gasteiger partial charge on any atom is -0.497 e. The molecule has 1 fully saturated rings. The number of aromatic nitrogens is 6. The second kappa shape index (κ2) is 11.8. The molecular formula is C32H35N7O4S. The van der Waals surface area contributed by atoms with Gasteiger partial charge in [0.05, 0.1) is 27.3 Å². The first-order chi connectivity index (χ1) is 21.1. The van der Waals surface area contributed by atoms with Crippen molar-refractivity contribution in [1.29, 1.82) is 0 Å². The topological polar surface area (TPSA) is 117 Å². The van der Waals surface area contributed by atoms with Gasteiger partial charge in [-0.05, 0) is 67.1 Å². The Morgan fingerprint density at radius 2 is 1.55 bits per heavy atom. The summed E-state index contributed by atoms with van der Waals surface area (Å²) in [6.45, 7) is 2.96. The van der Waals surface area contributed by atoms with Gasteiger partial charge in [-0.25, -0.2) is 18.4 Å². The number of benzene rings is 2. The Labute approximate surface area is 257 Å². The van der Waals surface area contributed by atoms with Crippen molar-refractivity contribution in [2.24, 2.45) is 7.05 Å². The molecule has 0 amide bonds. The summed E-state index contributed by atoms with van der Waals surface area (Å²) in [5, 5.41) is 9.39. The Balaban J connectivity index is 1.52. The molecule has 11 nitrogen and oxygen atoms in total. The zero-order valence-electron chi connectivity index (χ0n) is 25.4. The highest BCUT2D eigenvalue weighted by molar-refractivity contribution is 7.90. The van der Waals surface area contributed by atoms with Crippen molar-refractivity contribution in [2.75, 3.05) is 25.4 Å². The lowest BCUT2D eigenvalue weighted by Crippen LogP contribution is -2.23. The molecule has 6 rings (SSSR count). The van der Waals surface area contributed by atoms with Gasteiger partial charge in [-0.1, -0.05) is 24.3 Å². The maximum absolute atomic E-state index is 13.0. The Morgan fingerprint density at radius 1 is 0.909 bits per heavy atom. The molecule has 0 saturated heterocycles. The summed E-state index contributed by atoms with van der Waals surface area (Å²) >= 11 is 0. The van der Waals surface area contributed by atoms with E-state index >= 15 is 0 Å². The molecule has 44 heavy (non-hydrogen) atoms. The van der Waals surface area contributed by atoms with E-state index in [0.29, 0.717) is 36.1 Å². The summed E-state index contributed by atoms with van der Waals surface area (Å²) in [5.41, 5.74) is 5.02. The molecule has 0 unspecified atom stereocenters. The van der Waals surface area contributed by atoms with Gasteiger partial charge in [0, 0.05) is 36.8 Å². The van der Waals surface area contributed by atoms with Crippen LogP contribution in [0.4, 0.5) is 11.6 Å². The van der Waals surface area contributed by atoms with Crippen LogP contribution in [0.25, 0.3) is 11.4 Å². The molecule has 1 aliphatic carbocycles. The monoisotopic (exact) mass is 613 g/mol. The maximum Gasteiger partial charge on any atom is 0.249 e.